The van der Waals surface area contributed by atoms with Crippen LogP contribution in [0.1, 0.15) is 32.1 Å². The molecule has 96 valence electrons. The third kappa shape index (κ3) is 2.37. The van der Waals surface area contributed by atoms with Crippen LogP contribution < -0.4 is 0 Å². The maximum atomic E-state index is 10.1. The van der Waals surface area contributed by atoms with Gasteiger partial charge in [-0.25, -0.2) is 0 Å². The molecule has 0 radical (unpaired) electrons. The summed E-state index contributed by atoms with van der Waals surface area (Å²) in [5.41, 5.74) is 0.864. The van der Waals surface area contributed by atoms with Gasteiger partial charge in [-0.2, -0.15) is 0 Å². The molecule has 1 aliphatic carbocycles. The molecule has 0 aromatic carbocycles. The fraction of sp³-hybridized carbons (Fsp3) is 0.538. The van der Waals surface area contributed by atoms with Gasteiger partial charge in [-0.05, 0) is 25.0 Å². The second-order valence-electron chi connectivity index (χ2n) is 4.77. The van der Waals surface area contributed by atoms with Crippen LogP contribution in [0.15, 0.2) is 29.6 Å². The van der Waals surface area contributed by atoms with Crippen molar-refractivity contribution in [3.8, 4) is 0 Å². The molecule has 1 aliphatic rings. The topological polar surface area (TPSA) is 50.4 Å². The van der Waals surface area contributed by atoms with E-state index < -0.39 is 0 Å². The number of aliphatic hydroxyl groups is 1. The Morgan fingerprint density at radius 1 is 1.17 bits per heavy atom. The van der Waals surface area contributed by atoms with Gasteiger partial charge in [0.15, 0.2) is 10.8 Å². The first-order valence-electron chi connectivity index (χ1n) is 6.49. The molecule has 2 unspecified atom stereocenters. The van der Waals surface area contributed by atoms with E-state index in [1.54, 1.807) is 11.8 Å². The summed E-state index contributed by atoms with van der Waals surface area (Å²) in [5.74, 6) is 0. The van der Waals surface area contributed by atoms with Crippen LogP contribution in [0.5, 0.6) is 0 Å². The predicted molar refractivity (Wildman–Crippen MR) is 71.7 cm³/mol. The molecule has 1 N–H and O–H groups in total. The van der Waals surface area contributed by atoms with Crippen molar-refractivity contribution in [1.29, 1.82) is 0 Å². The molecule has 2 heterocycles. The molecule has 3 rings (SSSR count). The first-order chi connectivity index (χ1) is 8.84. The van der Waals surface area contributed by atoms with Gasteiger partial charge in [0.1, 0.15) is 0 Å². The van der Waals surface area contributed by atoms with E-state index in [2.05, 4.69) is 10.2 Å². The Kier molecular flexibility index (Phi) is 3.52. The lowest BCUT2D eigenvalue weighted by Gasteiger charge is -2.18. The van der Waals surface area contributed by atoms with Crippen LogP contribution >= 0.6 is 11.8 Å². The molecule has 18 heavy (non-hydrogen) atoms. The summed E-state index contributed by atoms with van der Waals surface area (Å²) in [5, 5.41) is 19.6. The molecular weight excluding hydrogens is 246 g/mol. The second kappa shape index (κ2) is 5.28. The maximum absolute atomic E-state index is 10.1. The van der Waals surface area contributed by atoms with E-state index in [9.17, 15) is 5.11 Å². The van der Waals surface area contributed by atoms with Gasteiger partial charge >= 0.3 is 0 Å². The van der Waals surface area contributed by atoms with E-state index in [0.29, 0.717) is 0 Å². The summed E-state index contributed by atoms with van der Waals surface area (Å²) in [6.45, 7) is 0. The Hall–Kier alpha value is -1.07. The minimum atomic E-state index is -0.214. The Labute approximate surface area is 110 Å². The summed E-state index contributed by atoms with van der Waals surface area (Å²) in [6, 6.07) is 5.88. The van der Waals surface area contributed by atoms with Crippen molar-refractivity contribution in [2.24, 2.45) is 0 Å². The van der Waals surface area contributed by atoms with Crippen molar-refractivity contribution < 1.29 is 5.11 Å². The molecule has 2 aromatic heterocycles. The second-order valence-corrected chi connectivity index (χ2v) is 5.98. The third-order valence-electron chi connectivity index (χ3n) is 3.46. The largest absolute Gasteiger partial charge is 0.392 e. The Morgan fingerprint density at radius 2 is 2.06 bits per heavy atom. The van der Waals surface area contributed by atoms with Crippen LogP contribution in [0.2, 0.25) is 0 Å². The zero-order valence-corrected chi connectivity index (χ0v) is 11.0. The number of pyridine rings is 1. The van der Waals surface area contributed by atoms with E-state index in [1.807, 2.05) is 28.8 Å². The summed E-state index contributed by atoms with van der Waals surface area (Å²) < 4.78 is 1.99. The van der Waals surface area contributed by atoms with Crippen molar-refractivity contribution in [1.82, 2.24) is 14.6 Å². The molecule has 2 aromatic rings. The minimum Gasteiger partial charge on any atom is -0.392 e. The standard InChI is InChI=1S/C13H17N3OS/c17-10-6-2-1-3-7-11(10)18-13-15-14-12-8-4-5-9-16(12)13/h4-5,8-11,17H,1-3,6-7H2. The molecule has 5 heteroatoms. The van der Waals surface area contributed by atoms with Crippen molar-refractivity contribution in [3.63, 3.8) is 0 Å². The maximum Gasteiger partial charge on any atom is 0.195 e. The highest BCUT2D eigenvalue weighted by Gasteiger charge is 2.24. The SMILES string of the molecule is OC1CCCCCC1Sc1nnc2ccccn12. The Balaban J connectivity index is 1.82. The molecule has 0 saturated heterocycles. The lowest BCUT2D eigenvalue weighted by atomic mass is 10.1. The molecule has 0 bridgehead atoms. The summed E-state index contributed by atoms with van der Waals surface area (Å²) in [7, 11) is 0. The number of thioether (sulfide) groups is 1. The monoisotopic (exact) mass is 263 g/mol. The van der Waals surface area contributed by atoms with Crippen molar-refractivity contribution >= 4 is 17.4 Å². The van der Waals surface area contributed by atoms with Gasteiger partial charge in [-0.15, -0.1) is 10.2 Å². The van der Waals surface area contributed by atoms with Gasteiger partial charge in [0, 0.05) is 11.4 Å². The lowest BCUT2D eigenvalue weighted by Crippen LogP contribution is -2.21. The van der Waals surface area contributed by atoms with E-state index in [4.69, 9.17) is 0 Å². The molecule has 4 nitrogen and oxygen atoms in total. The van der Waals surface area contributed by atoms with Crippen molar-refractivity contribution in [2.45, 2.75) is 48.6 Å². The number of aliphatic hydroxyl groups excluding tert-OH is 1. The summed E-state index contributed by atoms with van der Waals surface area (Å²) in [6.07, 6.45) is 7.30. The normalized spacial score (nSPS) is 25.2. The highest BCUT2D eigenvalue weighted by atomic mass is 32.2. The van der Waals surface area contributed by atoms with Crippen molar-refractivity contribution in [2.75, 3.05) is 0 Å². The first-order valence-corrected chi connectivity index (χ1v) is 7.37. The van der Waals surface area contributed by atoms with Crippen LogP contribution in [0.3, 0.4) is 0 Å². The molecule has 1 saturated carbocycles. The average molecular weight is 263 g/mol. The fourth-order valence-corrected chi connectivity index (χ4v) is 3.63. The average Bonchev–Trinajstić information content (AvgIpc) is 2.69. The van der Waals surface area contributed by atoms with E-state index in [0.717, 1.165) is 30.1 Å². The van der Waals surface area contributed by atoms with Gasteiger partial charge < -0.3 is 5.11 Å². The zero-order valence-electron chi connectivity index (χ0n) is 10.2. The third-order valence-corrected chi connectivity index (χ3v) is 4.80. The van der Waals surface area contributed by atoms with E-state index in [-0.39, 0.29) is 11.4 Å². The Morgan fingerprint density at radius 3 is 3.00 bits per heavy atom. The van der Waals surface area contributed by atoms with Gasteiger partial charge in [-0.1, -0.05) is 37.1 Å². The number of fused-ring (bicyclic) bond motifs is 1. The fourth-order valence-electron chi connectivity index (χ4n) is 2.43. The predicted octanol–water partition coefficient (Wildman–Crippen LogP) is 2.52. The number of hydrogen-bond donors (Lipinski definition) is 1. The van der Waals surface area contributed by atoms with E-state index in [1.165, 1.54) is 12.8 Å². The number of hydrogen-bond acceptors (Lipinski definition) is 4. The summed E-state index contributed by atoms with van der Waals surface area (Å²) >= 11 is 1.66. The Bertz CT molecular complexity index is 528. The minimum absolute atomic E-state index is 0.214. The van der Waals surface area contributed by atoms with Crippen LogP contribution in [-0.2, 0) is 0 Å². The first kappa shape index (κ1) is 12.0. The lowest BCUT2D eigenvalue weighted by molar-refractivity contribution is 0.163. The van der Waals surface area contributed by atoms with Gasteiger partial charge in [0.05, 0.1) is 6.10 Å². The van der Waals surface area contributed by atoms with Crippen LogP contribution in [0, 0.1) is 0 Å². The van der Waals surface area contributed by atoms with Crippen LogP contribution in [-0.4, -0.2) is 31.1 Å². The van der Waals surface area contributed by atoms with E-state index >= 15 is 0 Å². The number of rotatable bonds is 2. The molecule has 0 amide bonds. The molecule has 0 spiro atoms. The molecule has 2 atom stereocenters. The number of nitrogens with zero attached hydrogens (tertiary/aromatic N) is 3. The summed E-state index contributed by atoms with van der Waals surface area (Å²) in [4.78, 5) is 0. The van der Waals surface area contributed by atoms with Crippen molar-refractivity contribution in [3.05, 3.63) is 24.4 Å². The van der Waals surface area contributed by atoms with Gasteiger partial charge in [0.2, 0.25) is 0 Å². The smallest absolute Gasteiger partial charge is 0.195 e. The number of aromatic nitrogens is 3. The highest BCUT2D eigenvalue weighted by molar-refractivity contribution is 7.99. The zero-order chi connectivity index (χ0) is 12.4. The van der Waals surface area contributed by atoms with Crippen LogP contribution in [0.4, 0.5) is 0 Å². The molecule has 0 aliphatic heterocycles. The molecule has 1 fully saturated rings. The highest BCUT2D eigenvalue weighted by Crippen LogP contribution is 2.32. The van der Waals surface area contributed by atoms with Crippen LogP contribution in [0.25, 0.3) is 5.65 Å². The quantitative estimate of drug-likeness (QED) is 0.846. The van der Waals surface area contributed by atoms with Gasteiger partial charge in [0.25, 0.3) is 0 Å². The van der Waals surface area contributed by atoms with Gasteiger partial charge in [-0.3, -0.25) is 4.40 Å². The molecular formula is C13H17N3OS.